The second-order valence-electron chi connectivity index (χ2n) is 4.33. The zero-order chi connectivity index (χ0) is 15.6. The molecule has 0 saturated carbocycles. The van der Waals surface area contributed by atoms with E-state index in [1.54, 1.807) is 18.2 Å². The maximum Gasteiger partial charge on any atom is 0.336 e. The summed E-state index contributed by atoms with van der Waals surface area (Å²) in [6.07, 6.45) is -0.832. The number of hydrogen-bond donors (Lipinski definition) is 3. The van der Waals surface area contributed by atoms with E-state index in [2.05, 4.69) is 4.72 Å². The van der Waals surface area contributed by atoms with Crippen molar-refractivity contribution in [1.29, 1.82) is 0 Å². The maximum atomic E-state index is 12.2. The first-order valence-corrected chi connectivity index (χ1v) is 8.29. The van der Waals surface area contributed by atoms with Crippen molar-refractivity contribution in [3.8, 4) is 0 Å². The molecule has 1 heterocycles. The molecule has 1 atom stereocenters. The van der Waals surface area contributed by atoms with E-state index < -0.39 is 22.1 Å². The lowest BCUT2D eigenvalue weighted by Gasteiger charge is -2.13. The molecular formula is C13H13NO5S2. The Morgan fingerprint density at radius 3 is 2.57 bits per heavy atom. The van der Waals surface area contributed by atoms with E-state index in [-0.39, 0.29) is 15.5 Å². The minimum absolute atomic E-state index is 0.0795. The van der Waals surface area contributed by atoms with E-state index in [1.807, 2.05) is 0 Å². The predicted molar refractivity (Wildman–Crippen MR) is 79.2 cm³/mol. The molecule has 112 valence electrons. The van der Waals surface area contributed by atoms with Crippen LogP contribution in [-0.4, -0.2) is 24.6 Å². The van der Waals surface area contributed by atoms with Crippen LogP contribution in [0, 0.1) is 0 Å². The lowest BCUT2D eigenvalue weighted by atomic mass is 10.1. The Hall–Kier alpha value is -1.90. The maximum absolute atomic E-state index is 12.2. The molecule has 1 aromatic heterocycles. The zero-order valence-corrected chi connectivity index (χ0v) is 12.6. The fourth-order valence-electron chi connectivity index (χ4n) is 1.72. The van der Waals surface area contributed by atoms with Gasteiger partial charge in [0.1, 0.15) is 4.21 Å². The van der Waals surface area contributed by atoms with E-state index >= 15 is 0 Å². The highest BCUT2D eigenvalue weighted by Crippen LogP contribution is 2.27. The number of aliphatic hydroxyl groups is 1. The van der Waals surface area contributed by atoms with Crippen LogP contribution in [0.5, 0.6) is 0 Å². The third-order valence-corrected chi connectivity index (χ3v) is 5.55. The number of sulfonamides is 1. The van der Waals surface area contributed by atoms with Gasteiger partial charge in [-0.2, -0.15) is 0 Å². The molecule has 1 unspecified atom stereocenters. The number of hydrogen-bond acceptors (Lipinski definition) is 5. The number of anilines is 1. The van der Waals surface area contributed by atoms with Gasteiger partial charge in [-0.25, -0.2) is 13.2 Å². The Kier molecular flexibility index (Phi) is 4.31. The summed E-state index contributed by atoms with van der Waals surface area (Å²) >= 11 is 0.825. The summed E-state index contributed by atoms with van der Waals surface area (Å²) in [5.41, 5.74) is 0.623. The Bertz CT molecular complexity index is 764. The Morgan fingerprint density at radius 1 is 1.33 bits per heavy atom. The topological polar surface area (TPSA) is 104 Å². The first kappa shape index (κ1) is 15.5. The minimum Gasteiger partial charge on any atom is -0.478 e. The molecule has 0 radical (unpaired) electrons. The zero-order valence-electron chi connectivity index (χ0n) is 11.0. The number of para-hydroxylation sites is 1. The molecule has 21 heavy (non-hydrogen) atoms. The fourth-order valence-corrected chi connectivity index (χ4v) is 3.96. The minimum atomic E-state index is -3.89. The van der Waals surface area contributed by atoms with Crippen LogP contribution in [-0.2, 0) is 10.0 Å². The Labute approximate surface area is 125 Å². The molecule has 6 nitrogen and oxygen atoms in total. The number of benzene rings is 1. The van der Waals surface area contributed by atoms with E-state index in [0.717, 1.165) is 17.4 Å². The van der Waals surface area contributed by atoms with E-state index in [0.29, 0.717) is 5.56 Å². The number of carboxylic acid groups (broad SMARTS) is 1. The van der Waals surface area contributed by atoms with Crippen molar-refractivity contribution in [2.45, 2.75) is 17.2 Å². The van der Waals surface area contributed by atoms with Gasteiger partial charge in [-0.05, 0) is 19.1 Å². The van der Waals surface area contributed by atoms with Crippen LogP contribution in [0.3, 0.4) is 0 Å². The van der Waals surface area contributed by atoms with Crippen molar-refractivity contribution in [3.05, 3.63) is 46.8 Å². The summed E-state index contributed by atoms with van der Waals surface area (Å²) in [6, 6.07) is 7.57. The first-order chi connectivity index (χ1) is 9.81. The normalized spacial score (nSPS) is 12.9. The van der Waals surface area contributed by atoms with Gasteiger partial charge >= 0.3 is 5.97 Å². The molecule has 0 aliphatic heterocycles. The second-order valence-corrected chi connectivity index (χ2v) is 7.15. The smallest absolute Gasteiger partial charge is 0.336 e. The van der Waals surface area contributed by atoms with Gasteiger partial charge in [0.2, 0.25) is 0 Å². The third kappa shape index (κ3) is 3.41. The van der Waals surface area contributed by atoms with Gasteiger partial charge in [-0.15, -0.1) is 11.3 Å². The molecule has 0 aliphatic rings. The Balaban J connectivity index is 2.35. The SMILES string of the molecule is CC(O)c1ccccc1NS(=O)(=O)c1cc(C(=O)O)cs1. The highest BCUT2D eigenvalue weighted by molar-refractivity contribution is 7.94. The number of thiophene rings is 1. The van der Waals surface area contributed by atoms with Gasteiger partial charge in [0.25, 0.3) is 10.0 Å². The van der Waals surface area contributed by atoms with Gasteiger partial charge in [0.15, 0.2) is 0 Å². The molecule has 0 saturated heterocycles. The number of carboxylic acids is 1. The van der Waals surface area contributed by atoms with Crippen LogP contribution < -0.4 is 4.72 Å². The van der Waals surface area contributed by atoms with Gasteiger partial charge < -0.3 is 10.2 Å². The third-order valence-electron chi connectivity index (χ3n) is 2.74. The van der Waals surface area contributed by atoms with Crippen molar-refractivity contribution in [2.24, 2.45) is 0 Å². The quantitative estimate of drug-likeness (QED) is 0.782. The summed E-state index contributed by atoms with van der Waals surface area (Å²) < 4.78 is 26.7. The standard InChI is InChI=1S/C13H13NO5S2/c1-8(15)10-4-2-3-5-11(10)14-21(18,19)12-6-9(7-20-12)13(16)17/h2-8,14-15H,1H3,(H,16,17). The Morgan fingerprint density at radius 2 is 2.00 bits per heavy atom. The van der Waals surface area contributed by atoms with E-state index in [9.17, 15) is 18.3 Å². The monoisotopic (exact) mass is 327 g/mol. The molecular weight excluding hydrogens is 314 g/mol. The largest absolute Gasteiger partial charge is 0.478 e. The molecule has 2 rings (SSSR count). The van der Waals surface area contributed by atoms with E-state index in [1.165, 1.54) is 18.4 Å². The molecule has 0 fully saturated rings. The summed E-state index contributed by atoms with van der Waals surface area (Å²) in [5, 5.41) is 19.7. The van der Waals surface area contributed by atoms with Crippen molar-refractivity contribution >= 4 is 33.0 Å². The van der Waals surface area contributed by atoms with Crippen LogP contribution in [0.25, 0.3) is 0 Å². The lowest BCUT2D eigenvalue weighted by molar-refractivity contribution is 0.0697. The average molecular weight is 327 g/mol. The molecule has 0 aliphatic carbocycles. The number of carbonyl (C=O) groups is 1. The van der Waals surface area contributed by atoms with Gasteiger partial charge in [0.05, 0.1) is 17.4 Å². The molecule has 0 bridgehead atoms. The summed E-state index contributed by atoms with van der Waals surface area (Å²) in [5.74, 6) is -1.18. The number of aliphatic hydroxyl groups excluding tert-OH is 1. The van der Waals surface area contributed by atoms with Crippen LogP contribution in [0.15, 0.2) is 39.9 Å². The lowest BCUT2D eigenvalue weighted by Crippen LogP contribution is -2.13. The highest BCUT2D eigenvalue weighted by Gasteiger charge is 2.20. The molecule has 2 aromatic rings. The van der Waals surface area contributed by atoms with Crippen LogP contribution in [0.4, 0.5) is 5.69 Å². The summed E-state index contributed by atoms with van der Waals surface area (Å²) in [6.45, 7) is 1.53. The van der Waals surface area contributed by atoms with Gasteiger partial charge in [0, 0.05) is 10.9 Å². The van der Waals surface area contributed by atoms with E-state index in [4.69, 9.17) is 5.11 Å². The van der Waals surface area contributed by atoms with Crippen molar-refractivity contribution in [3.63, 3.8) is 0 Å². The molecule has 3 N–H and O–H groups in total. The predicted octanol–water partition coefficient (Wildman–Crippen LogP) is 2.30. The highest BCUT2D eigenvalue weighted by atomic mass is 32.2. The summed E-state index contributed by atoms with van der Waals surface area (Å²) in [7, 11) is -3.89. The van der Waals surface area contributed by atoms with Gasteiger partial charge in [-0.3, -0.25) is 4.72 Å². The van der Waals surface area contributed by atoms with Gasteiger partial charge in [-0.1, -0.05) is 18.2 Å². The molecule has 8 heteroatoms. The fraction of sp³-hybridized carbons (Fsp3) is 0.154. The number of aromatic carboxylic acids is 1. The molecule has 1 aromatic carbocycles. The second kappa shape index (κ2) is 5.84. The molecule has 0 spiro atoms. The average Bonchev–Trinajstić information content (AvgIpc) is 2.89. The van der Waals surface area contributed by atoms with Crippen molar-refractivity contribution in [1.82, 2.24) is 0 Å². The van der Waals surface area contributed by atoms with Crippen molar-refractivity contribution in [2.75, 3.05) is 4.72 Å². The molecule has 0 amide bonds. The van der Waals surface area contributed by atoms with Crippen LogP contribution in [0.2, 0.25) is 0 Å². The van der Waals surface area contributed by atoms with Crippen LogP contribution in [0.1, 0.15) is 28.9 Å². The van der Waals surface area contributed by atoms with Crippen molar-refractivity contribution < 1.29 is 23.4 Å². The number of rotatable bonds is 5. The van der Waals surface area contributed by atoms with Crippen LogP contribution >= 0.6 is 11.3 Å². The summed E-state index contributed by atoms with van der Waals surface area (Å²) in [4.78, 5) is 10.8. The number of nitrogens with one attached hydrogen (secondary N) is 1. The first-order valence-electron chi connectivity index (χ1n) is 5.93.